The molecule has 0 saturated heterocycles. The maximum atomic E-state index is 10.1. The summed E-state index contributed by atoms with van der Waals surface area (Å²) in [6, 6.07) is 5.95. The minimum absolute atomic E-state index is 0.131. The first-order chi connectivity index (χ1) is 9.13. The Labute approximate surface area is 114 Å². The van der Waals surface area contributed by atoms with Crippen molar-refractivity contribution in [2.45, 2.75) is 44.7 Å². The molecule has 0 amide bonds. The monoisotopic (exact) mass is 264 g/mol. The lowest BCUT2D eigenvalue weighted by Gasteiger charge is -2.31. The van der Waals surface area contributed by atoms with Gasteiger partial charge in [0.1, 0.15) is 5.75 Å². The van der Waals surface area contributed by atoms with Gasteiger partial charge in [-0.1, -0.05) is 18.9 Å². The van der Waals surface area contributed by atoms with Crippen LogP contribution in [0.25, 0.3) is 0 Å². The van der Waals surface area contributed by atoms with Gasteiger partial charge in [0.05, 0.1) is 6.61 Å². The fourth-order valence-electron chi connectivity index (χ4n) is 2.94. The highest BCUT2D eigenvalue weighted by Crippen LogP contribution is 2.32. The molecule has 4 nitrogen and oxygen atoms in total. The molecule has 106 valence electrons. The topological polar surface area (TPSA) is 69.7 Å². The Morgan fingerprint density at radius 3 is 2.58 bits per heavy atom. The second-order valence-corrected chi connectivity index (χ2v) is 5.39. The van der Waals surface area contributed by atoms with Crippen LogP contribution in [-0.4, -0.2) is 29.4 Å². The molecule has 0 bridgehead atoms. The van der Waals surface area contributed by atoms with Gasteiger partial charge in [0, 0.05) is 35.9 Å². The number of hydrogen-bond acceptors (Lipinski definition) is 4. The highest BCUT2D eigenvalue weighted by atomic mass is 16.3. The Balaban J connectivity index is 2.23. The highest BCUT2D eigenvalue weighted by Gasteiger charge is 2.23. The van der Waals surface area contributed by atoms with Gasteiger partial charge in [0.15, 0.2) is 0 Å². The fraction of sp³-hybridized carbons (Fsp3) is 0.600. The summed E-state index contributed by atoms with van der Waals surface area (Å²) in [4.78, 5) is 2.21. The Bertz CT molecular complexity index is 415. The first-order valence-corrected chi connectivity index (χ1v) is 7.09. The van der Waals surface area contributed by atoms with E-state index in [0.717, 1.165) is 24.1 Å². The zero-order valence-electron chi connectivity index (χ0n) is 11.5. The van der Waals surface area contributed by atoms with Crippen molar-refractivity contribution in [2.75, 3.05) is 18.1 Å². The van der Waals surface area contributed by atoms with Gasteiger partial charge in [-0.05, 0) is 25.8 Å². The first-order valence-electron chi connectivity index (χ1n) is 7.09. The number of phenolic OH excluding ortho intramolecular Hbond substituents is 1. The third kappa shape index (κ3) is 3.19. The first kappa shape index (κ1) is 14.2. The quantitative estimate of drug-likeness (QED) is 0.762. The van der Waals surface area contributed by atoms with E-state index in [9.17, 15) is 10.2 Å². The molecule has 1 saturated carbocycles. The zero-order valence-corrected chi connectivity index (χ0v) is 11.5. The van der Waals surface area contributed by atoms with E-state index in [-0.39, 0.29) is 18.4 Å². The molecule has 0 heterocycles. The van der Waals surface area contributed by atoms with Gasteiger partial charge in [-0.3, -0.25) is 0 Å². The van der Waals surface area contributed by atoms with Gasteiger partial charge >= 0.3 is 0 Å². The summed E-state index contributed by atoms with van der Waals surface area (Å²) in [5.41, 5.74) is 7.55. The van der Waals surface area contributed by atoms with E-state index < -0.39 is 0 Å². The van der Waals surface area contributed by atoms with Crippen molar-refractivity contribution < 1.29 is 10.2 Å². The number of hydrogen-bond donors (Lipinski definition) is 3. The van der Waals surface area contributed by atoms with E-state index in [2.05, 4.69) is 4.90 Å². The van der Waals surface area contributed by atoms with E-state index >= 15 is 0 Å². The van der Waals surface area contributed by atoms with Gasteiger partial charge in [0.25, 0.3) is 0 Å². The average molecular weight is 264 g/mol. The number of phenols is 1. The Kier molecular flexibility index (Phi) is 4.66. The normalized spacial score (nSPS) is 17.6. The minimum Gasteiger partial charge on any atom is -0.508 e. The third-order valence-electron chi connectivity index (χ3n) is 3.94. The molecule has 19 heavy (non-hydrogen) atoms. The molecular weight excluding hydrogens is 240 g/mol. The Morgan fingerprint density at radius 2 is 2.05 bits per heavy atom. The van der Waals surface area contributed by atoms with Crippen molar-refractivity contribution in [3.8, 4) is 5.75 Å². The third-order valence-corrected chi connectivity index (χ3v) is 3.94. The van der Waals surface area contributed by atoms with E-state index in [1.165, 1.54) is 12.8 Å². The van der Waals surface area contributed by atoms with Crippen LogP contribution in [0.15, 0.2) is 18.2 Å². The number of nitrogens with two attached hydrogens (primary N) is 1. The molecule has 1 aliphatic rings. The maximum Gasteiger partial charge on any atom is 0.122 e. The molecule has 2 rings (SSSR count). The smallest absolute Gasteiger partial charge is 0.122 e. The predicted octanol–water partition coefficient (Wildman–Crippen LogP) is 2.15. The van der Waals surface area contributed by atoms with Crippen LogP contribution in [0.3, 0.4) is 0 Å². The molecule has 0 radical (unpaired) electrons. The Hall–Kier alpha value is -1.26. The molecule has 1 fully saturated rings. The number of benzene rings is 1. The lowest BCUT2D eigenvalue weighted by molar-refractivity contribution is 0.297. The van der Waals surface area contributed by atoms with Crippen molar-refractivity contribution in [3.05, 3.63) is 23.8 Å². The molecule has 1 atom stereocenters. The molecular formula is C15H24N2O2. The Morgan fingerprint density at radius 1 is 1.37 bits per heavy atom. The van der Waals surface area contributed by atoms with Crippen LogP contribution in [-0.2, 0) is 0 Å². The number of rotatable bonds is 5. The largest absolute Gasteiger partial charge is 0.508 e. The van der Waals surface area contributed by atoms with E-state index in [4.69, 9.17) is 5.73 Å². The molecule has 0 aromatic heterocycles. The number of aromatic hydroxyl groups is 1. The van der Waals surface area contributed by atoms with Gasteiger partial charge in [0.2, 0.25) is 0 Å². The van der Waals surface area contributed by atoms with Crippen LogP contribution < -0.4 is 10.6 Å². The molecule has 1 aliphatic carbocycles. The SMILES string of the molecule is CC(N)c1ccc(N(CCO)C2CCCC2)cc1O. The second-order valence-electron chi connectivity index (χ2n) is 5.39. The van der Waals surface area contributed by atoms with Crippen LogP contribution in [0, 0.1) is 0 Å². The van der Waals surface area contributed by atoms with Crippen molar-refractivity contribution in [3.63, 3.8) is 0 Å². The van der Waals surface area contributed by atoms with Crippen molar-refractivity contribution >= 4 is 5.69 Å². The molecule has 4 heteroatoms. The average Bonchev–Trinajstić information content (AvgIpc) is 2.89. The molecule has 1 aromatic rings. The summed E-state index contributed by atoms with van der Waals surface area (Å²) in [5, 5.41) is 19.3. The molecule has 1 unspecified atom stereocenters. The summed E-state index contributed by atoms with van der Waals surface area (Å²) in [6.45, 7) is 2.60. The molecule has 0 spiro atoms. The standard InChI is InChI=1S/C15H24N2O2/c1-11(16)14-7-6-13(10-15(14)19)17(8-9-18)12-4-2-3-5-12/h6-7,10-12,18-19H,2-5,8-9,16H2,1H3. The van der Waals surface area contributed by atoms with Crippen LogP contribution in [0.4, 0.5) is 5.69 Å². The van der Waals surface area contributed by atoms with E-state index in [1.807, 2.05) is 19.1 Å². The number of aliphatic hydroxyl groups is 1. The predicted molar refractivity (Wildman–Crippen MR) is 77.4 cm³/mol. The highest BCUT2D eigenvalue weighted by molar-refractivity contribution is 5.54. The molecule has 1 aromatic carbocycles. The number of aliphatic hydroxyl groups excluding tert-OH is 1. The molecule has 0 aliphatic heterocycles. The number of nitrogens with zero attached hydrogens (tertiary/aromatic N) is 1. The van der Waals surface area contributed by atoms with Crippen molar-refractivity contribution in [2.24, 2.45) is 5.73 Å². The summed E-state index contributed by atoms with van der Waals surface area (Å²) < 4.78 is 0. The zero-order chi connectivity index (χ0) is 13.8. The van der Waals surface area contributed by atoms with Crippen LogP contribution in [0.2, 0.25) is 0 Å². The second kappa shape index (κ2) is 6.26. The lowest BCUT2D eigenvalue weighted by atomic mass is 10.1. The molecule has 4 N–H and O–H groups in total. The van der Waals surface area contributed by atoms with Crippen molar-refractivity contribution in [1.29, 1.82) is 0 Å². The van der Waals surface area contributed by atoms with Gasteiger partial charge in [-0.25, -0.2) is 0 Å². The lowest BCUT2D eigenvalue weighted by Crippen LogP contribution is -2.35. The van der Waals surface area contributed by atoms with Gasteiger partial charge in [-0.2, -0.15) is 0 Å². The maximum absolute atomic E-state index is 10.1. The minimum atomic E-state index is -0.174. The van der Waals surface area contributed by atoms with Crippen LogP contribution in [0.1, 0.15) is 44.2 Å². The van der Waals surface area contributed by atoms with E-state index in [0.29, 0.717) is 12.6 Å². The summed E-state index contributed by atoms with van der Waals surface area (Å²) in [6.07, 6.45) is 4.82. The van der Waals surface area contributed by atoms with Gasteiger partial charge in [-0.15, -0.1) is 0 Å². The fourth-order valence-corrected chi connectivity index (χ4v) is 2.94. The summed E-state index contributed by atoms with van der Waals surface area (Å²) >= 11 is 0. The van der Waals surface area contributed by atoms with E-state index in [1.54, 1.807) is 6.07 Å². The van der Waals surface area contributed by atoms with Crippen LogP contribution >= 0.6 is 0 Å². The van der Waals surface area contributed by atoms with Gasteiger partial charge < -0.3 is 20.8 Å². The number of anilines is 1. The summed E-state index contributed by atoms with van der Waals surface area (Å²) in [7, 11) is 0. The summed E-state index contributed by atoms with van der Waals surface area (Å²) in [5.74, 6) is 0.244. The van der Waals surface area contributed by atoms with Crippen LogP contribution in [0.5, 0.6) is 5.75 Å². The van der Waals surface area contributed by atoms with Crippen molar-refractivity contribution in [1.82, 2.24) is 0 Å².